The first-order valence-corrected chi connectivity index (χ1v) is 6.26. The molecular formula is C13H22O4. The van der Waals surface area contributed by atoms with Crippen molar-refractivity contribution >= 4 is 11.9 Å². The molecule has 4 heteroatoms. The minimum atomic E-state index is -0.481. The lowest BCUT2D eigenvalue weighted by Gasteiger charge is -2.25. The first kappa shape index (κ1) is 14.0. The highest BCUT2D eigenvalue weighted by Crippen LogP contribution is 2.27. The normalized spacial score (nSPS) is 22.1. The quantitative estimate of drug-likeness (QED) is 0.694. The smallest absolute Gasteiger partial charge is 0.312 e. The number of rotatable bonds is 5. The number of hydrogen-bond acceptors (Lipinski definition) is 4. The summed E-state index contributed by atoms with van der Waals surface area (Å²) in [6.45, 7) is 7.98. The molecule has 0 N–H and O–H groups in total. The van der Waals surface area contributed by atoms with E-state index in [1.807, 2.05) is 20.8 Å². The van der Waals surface area contributed by atoms with E-state index >= 15 is 0 Å². The summed E-state index contributed by atoms with van der Waals surface area (Å²) < 4.78 is 10.3. The van der Waals surface area contributed by atoms with Crippen LogP contribution in [0.4, 0.5) is 0 Å². The minimum Gasteiger partial charge on any atom is -0.465 e. The molecule has 1 saturated heterocycles. The van der Waals surface area contributed by atoms with E-state index in [4.69, 9.17) is 9.47 Å². The van der Waals surface area contributed by atoms with E-state index in [0.717, 1.165) is 12.8 Å². The fourth-order valence-electron chi connectivity index (χ4n) is 2.08. The van der Waals surface area contributed by atoms with Crippen molar-refractivity contribution in [2.24, 2.45) is 11.3 Å². The molecule has 0 saturated carbocycles. The van der Waals surface area contributed by atoms with Gasteiger partial charge in [0.15, 0.2) is 0 Å². The average molecular weight is 242 g/mol. The fraction of sp³-hybridized carbons (Fsp3) is 0.846. The zero-order valence-corrected chi connectivity index (χ0v) is 11.1. The maximum Gasteiger partial charge on any atom is 0.312 e. The summed E-state index contributed by atoms with van der Waals surface area (Å²) in [4.78, 5) is 23.3. The van der Waals surface area contributed by atoms with Crippen LogP contribution in [0.2, 0.25) is 0 Å². The van der Waals surface area contributed by atoms with Gasteiger partial charge in [0.1, 0.15) is 6.10 Å². The number of ether oxygens (including phenoxy) is 2. The van der Waals surface area contributed by atoms with Crippen LogP contribution in [0.1, 0.15) is 47.0 Å². The van der Waals surface area contributed by atoms with Gasteiger partial charge in [-0.25, -0.2) is 0 Å². The number of esters is 2. The molecule has 2 unspecified atom stereocenters. The fourth-order valence-corrected chi connectivity index (χ4v) is 2.08. The largest absolute Gasteiger partial charge is 0.465 e. The van der Waals surface area contributed by atoms with Crippen molar-refractivity contribution in [3.05, 3.63) is 0 Å². The lowest BCUT2D eigenvalue weighted by atomic mass is 9.88. The van der Waals surface area contributed by atoms with Gasteiger partial charge in [0.05, 0.1) is 17.9 Å². The summed E-state index contributed by atoms with van der Waals surface area (Å²) in [6.07, 6.45) is 1.96. The molecule has 0 aromatic heterocycles. The summed E-state index contributed by atoms with van der Waals surface area (Å²) in [7, 11) is 0. The molecule has 1 aliphatic rings. The van der Waals surface area contributed by atoms with E-state index in [-0.39, 0.29) is 17.9 Å². The van der Waals surface area contributed by atoms with Gasteiger partial charge in [0, 0.05) is 0 Å². The van der Waals surface area contributed by atoms with E-state index in [0.29, 0.717) is 13.0 Å². The molecule has 0 radical (unpaired) electrons. The van der Waals surface area contributed by atoms with Gasteiger partial charge in [-0.1, -0.05) is 13.3 Å². The SMILES string of the molecule is CCCC(C)(C)C(=O)OC(C)C1CCOC1=O. The van der Waals surface area contributed by atoms with Gasteiger partial charge in [0.25, 0.3) is 0 Å². The molecule has 4 nitrogen and oxygen atoms in total. The second-order valence-electron chi connectivity index (χ2n) is 5.31. The topological polar surface area (TPSA) is 52.6 Å². The highest BCUT2D eigenvalue weighted by atomic mass is 16.6. The minimum absolute atomic E-state index is 0.230. The Kier molecular flexibility index (Phi) is 4.54. The highest BCUT2D eigenvalue weighted by molar-refractivity contribution is 5.78. The van der Waals surface area contributed by atoms with Crippen molar-refractivity contribution in [2.75, 3.05) is 6.61 Å². The van der Waals surface area contributed by atoms with Crippen LogP contribution in [0.3, 0.4) is 0 Å². The van der Waals surface area contributed by atoms with E-state index < -0.39 is 11.5 Å². The average Bonchev–Trinajstić information content (AvgIpc) is 2.64. The zero-order chi connectivity index (χ0) is 13.1. The van der Waals surface area contributed by atoms with E-state index in [2.05, 4.69) is 0 Å². The van der Waals surface area contributed by atoms with Crippen LogP contribution in [0.15, 0.2) is 0 Å². The number of carbonyl (C=O) groups excluding carboxylic acids is 2. The highest BCUT2D eigenvalue weighted by Gasteiger charge is 2.37. The molecule has 1 rings (SSSR count). The Hall–Kier alpha value is -1.06. The summed E-state index contributed by atoms with van der Waals surface area (Å²) in [6, 6.07) is 0. The monoisotopic (exact) mass is 242 g/mol. The van der Waals surface area contributed by atoms with Crippen molar-refractivity contribution in [3.8, 4) is 0 Å². The molecule has 0 aliphatic carbocycles. The molecule has 1 fully saturated rings. The lowest BCUT2D eigenvalue weighted by Crippen LogP contribution is -2.34. The van der Waals surface area contributed by atoms with Crippen molar-refractivity contribution in [1.82, 2.24) is 0 Å². The molecule has 17 heavy (non-hydrogen) atoms. The van der Waals surface area contributed by atoms with E-state index in [1.54, 1.807) is 6.92 Å². The van der Waals surface area contributed by atoms with Gasteiger partial charge in [0.2, 0.25) is 0 Å². The summed E-state index contributed by atoms with van der Waals surface area (Å²) >= 11 is 0. The molecule has 0 aromatic rings. The van der Waals surface area contributed by atoms with Crippen LogP contribution in [0.5, 0.6) is 0 Å². The van der Waals surface area contributed by atoms with Crippen molar-refractivity contribution in [3.63, 3.8) is 0 Å². The van der Waals surface area contributed by atoms with Crippen molar-refractivity contribution in [2.45, 2.75) is 53.1 Å². The molecule has 0 amide bonds. The van der Waals surface area contributed by atoms with Gasteiger partial charge < -0.3 is 9.47 Å². The molecule has 1 aliphatic heterocycles. The van der Waals surface area contributed by atoms with Crippen LogP contribution in [0, 0.1) is 11.3 Å². The maximum atomic E-state index is 12.0. The number of cyclic esters (lactones) is 1. The second kappa shape index (κ2) is 5.52. The van der Waals surface area contributed by atoms with Gasteiger partial charge in [-0.05, 0) is 33.6 Å². The van der Waals surface area contributed by atoms with Crippen LogP contribution in [0.25, 0.3) is 0 Å². The maximum absolute atomic E-state index is 12.0. The van der Waals surface area contributed by atoms with Crippen molar-refractivity contribution < 1.29 is 19.1 Å². The van der Waals surface area contributed by atoms with E-state index in [9.17, 15) is 9.59 Å². The number of carbonyl (C=O) groups is 2. The number of hydrogen-bond donors (Lipinski definition) is 0. The molecule has 0 spiro atoms. The van der Waals surface area contributed by atoms with Gasteiger partial charge in [-0.2, -0.15) is 0 Å². The van der Waals surface area contributed by atoms with Crippen molar-refractivity contribution in [1.29, 1.82) is 0 Å². The van der Waals surface area contributed by atoms with Crippen LogP contribution in [-0.4, -0.2) is 24.6 Å². The predicted octanol–water partition coefficient (Wildman–Crippen LogP) is 2.31. The van der Waals surface area contributed by atoms with Crippen LogP contribution < -0.4 is 0 Å². The van der Waals surface area contributed by atoms with Gasteiger partial charge in [-0.15, -0.1) is 0 Å². The molecular weight excluding hydrogens is 220 g/mol. The van der Waals surface area contributed by atoms with Gasteiger partial charge in [-0.3, -0.25) is 9.59 Å². The Morgan fingerprint density at radius 3 is 2.71 bits per heavy atom. The van der Waals surface area contributed by atoms with E-state index in [1.165, 1.54) is 0 Å². The zero-order valence-electron chi connectivity index (χ0n) is 11.1. The van der Waals surface area contributed by atoms with Crippen LogP contribution >= 0.6 is 0 Å². The third-order valence-electron chi connectivity index (χ3n) is 3.26. The molecule has 98 valence electrons. The Bertz CT molecular complexity index is 296. The summed E-state index contributed by atoms with van der Waals surface area (Å²) in [5, 5.41) is 0. The first-order valence-electron chi connectivity index (χ1n) is 6.26. The van der Waals surface area contributed by atoms with Crippen LogP contribution in [-0.2, 0) is 19.1 Å². The standard InChI is InChI=1S/C13H22O4/c1-5-7-13(3,4)12(15)17-9(2)10-6-8-16-11(10)14/h9-10H,5-8H2,1-4H3. The second-order valence-corrected chi connectivity index (χ2v) is 5.31. The Balaban J connectivity index is 2.53. The third kappa shape index (κ3) is 3.45. The van der Waals surface area contributed by atoms with Gasteiger partial charge >= 0.3 is 11.9 Å². The Morgan fingerprint density at radius 1 is 1.59 bits per heavy atom. The summed E-state index contributed by atoms with van der Waals surface area (Å²) in [5.74, 6) is -0.776. The third-order valence-corrected chi connectivity index (χ3v) is 3.26. The summed E-state index contributed by atoms with van der Waals surface area (Å²) in [5.41, 5.74) is -0.481. The molecule has 0 aromatic carbocycles. The lowest BCUT2D eigenvalue weighted by molar-refractivity contribution is -0.164. The Morgan fingerprint density at radius 2 is 2.24 bits per heavy atom. The molecule has 1 heterocycles. The first-order chi connectivity index (χ1) is 7.88. The Labute approximate surface area is 103 Å². The predicted molar refractivity (Wildman–Crippen MR) is 63.3 cm³/mol. The molecule has 2 atom stereocenters. The molecule has 0 bridgehead atoms.